The molecule has 0 bridgehead atoms. The van der Waals surface area contributed by atoms with Gasteiger partial charge in [0.1, 0.15) is 30.3 Å². The molecule has 0 spiro atoms. The van der Waals surface area contributed by atoms with E-state index < -0.39 is 24.2 Å². The SMILES string of the molecule is O=C(OC(=O)C(F)(F)F)c1ccc(-c2ccc3c(c2)CC[C@H](CNC[C@@H](O)COc2ccccc2Cl)O3)cc1. The first-order valence-corrected chi connectivity index (χ1v) is 12.5. The van der Waals surface area contributed by atoms with E-state index in [0.29, 0.717) is 23.9 Å². The summed E-state index contributed by atoms with van der Waals surface area (Å²) < 4.78 is 52.4. The van der Waals surface area contributed by atoms with E-state index in [4.69, 9.17) is 21.1 Å². The Hall–Kier alpha value is -3.60. The van der Waals surface area contributed by atoms with Gasteiger partial charge in [0.05, 0.1) is 10.6 Å². The Kier molecular flexibility index (Phi) is 9.11. The highest BCUT2D eigenvalue weighted by atomic mass is 35.5. The van der Waals surface area contributed by atoms with Gasteiger partial charge in [0.2, 0.25) is 0 Å². The fourth-order valence-corrected chi connectivity index (χ4v) is 4.18. The fourth-order valence-electron chi connectivity index (χ4n) is 3.99. The standard InChI is InChI=1S/C28H25ClF3NO6/c29-23-3-1-2-4-25(23)37-16-21(34)14-33-15-22-11-9-20-13-19(10-12-24(20)38-22)17-5-7-18(8-6-17)26(35)39-27(36)28(30,31)32/h1-8,10,12-13,21-22,33-34H,9,11,14-16H2/t21-,22-/m1/s1. The Bertz CT molecular complexity index is 1320. The lowest BCUT2D eigenvalue weighted by atomic mass is 9.96. The van der Waals surface area contributed by atoms with E-state index >= 15 is 0 Å². The zero-order chi connectivity index (χ0) is 28.0. The van der Waals surface area contributed by atoms with Crippen LogP contribution in [0.1, 0.15) is 22.3 Å². The highest BCUT2D eigenvalue weighted by Gasteiger charge is 2.42. The van der Waals surface area contributed by atoms with Crippen molar-refractivity contribution in [2.45, 2.75) is 31.2 Å². The fraction of sp³-hybridized carbons (Fsp3) is 0.286. The van der Waals surface area contributed by atoms with Gasteiger partial charge in [-0.25, -0.2) is 9.59 Å². The molecule has 1 aliphatic rings. The van der Waals surface area contributed by atoms with Gasteiger partial charge in [0.15, 0.2) is 0 Å². The van der Waals surface area contributed by atoms with Gasteiger partial charge in [-0.15, -0.1) is 0 Å². The lowest BCUT2D eigenvalue weighted by Gasteiger charge is -2.27. The monoisotopic (exact) mass is 563 g/mol. The number of hydrogen-bond acceptors (Lipinski definition) is 7. The molecule has 39 heavy (non-hydrogen) atoms. The van der Waals surface area contributed by atoms with E-state index in [-0.39, 0.29) is 18.3 Å². The van der Waals surface area contributed by atoms with Crippen molar-refractivity contribution >= 4 is 23.5 Å². The van der Waals surface area contributed by atoms with Gasteiger partial charge in [-0.3, -0.25) is 0 Å². The summed E-state index contributed by atoms with van der Waals surface area (Å²) in [4.78, 5) is 22.7. The van der Waals surface area contributed by atoms with Gasteiger partial charge in [0.25, 0.3) is 0 Å². The van der Waals surface area contributed by atoms with Crippen LogP contribution >= 0.6 is 11.6 Å². The van der Waals surface area contributed by atoms with Crippen LogP contribution in [0.3, 0.4) is 0 Å². The van der Waals surface area contributed by atoms with Gasteiger partial charge in [-0.2, -0.15) is 13.2 Å². The van der Waals surface area contributed by atoms with Crippen LogP contribution in [0.2, 0.25) is 5.02 Å². The molecule has 0 saturated heterocycles. The average Bonchev–Trinajstić information content (AvgIpc) is 2.92. The second-order valence-corrected chi connectivity index (χ2v) is 9.31. The largest absolute Gasteiger partial charge is 0.491 e. The maximum absolute atomic E-state index is 12.3. The minimum Gasteiger partial charge on any atom is -0.489 e. The van der Waals surface area contributed by atoms with Crippen LogP contribution in [0.15, 0.2) is 66.7 Å². The average molecular weight is 564 g/mol. The van der Waals surface area contributed by atoms with Crippen molar-refractivity contribution in [3.8, 4) is 22.6 Å². The number of carbonyl (C=O) groups excluding carboxylic acids is 2. The van der Waals surface area contributed by atoms with Gasteiger partial charge in [-0.1, -0.05) is 41.9 Å². The first kappa shape index (κ1) is 28.4. The minimum absolute atomic E-state index is 0.0789. The van der Waals surface area contributed by atoms with Crippen LogP contribution in [-0.4, -0.2) is 55.1 Å². The van der Waals surface area contributed by atoms with E-state index in [1.165, 1.54) is 12.1 Å². The van der Waals surface area contributed by atoms with Crippen molar-refractivity contribution in [3.63, 3.8) is 0 Å². The predicted octanol–water partition coefficient (Wildman–Crippen LogP) is 4.98. The molecule has 11 heteroatoms. The van der Waals surface area contributed by atoms with E-state index in [2.05, 4.69) is 10.1 Å². The summed E-state index contributed by atoms with van der Waals surface area (Å²) in [5.41, 5.74) is 2.39. The molecule has 0 radical (unpaired) electrons. The maximum atomic E-state index is 12.3. The molecule has 0 unspecified atom stereocenters. The number of alkyl halides is 3. The van der Waals surface area contributed by atoms with Crippen LogP contribution < -0.4 is 14.8 Å². The number of nitrogens with one attached hydrogen (secondary N) is 1. The van der Waals surface area contributed by atoms with Crippen LogP contribution in [0.25, 0.3) is 11.1 Å². The Morgan fingerprint density at radius 3 is 2.51 bits per heavy atom. The number of rotatable bonds is 9. The molecular weight excluding hydrogens is 539 g/mol. The summed E-state index contributed by atoms with van der Waals surface area (Å²) in [6.07, 6.45) is -4.53. The maximum Gasteiger partial charge on any atom is 0.491 e. The molecule has 4 rings (SSSR count). The summed E-state index contributed by atoms with van der Waals surface area (Å²) in [5, 5.41) is 13.9. The third-order valence-electron chi connectivity index (χ3n) is 5.98. The zero-order valence-corrected chi connectivity index (χ0v) is 21.3. The normalized spacial score (nSPS) is 15.6. The lowest BCUT2D eigenvalue weighted by Crippen LogP contribution is -2.39. The number of hydrogen-bond donors (Lipinski definition) is 2. The van der Waals surface area contributed by atoms with Crippen molar-refractivity contribution in [2.75, 3.05) is 19.7 Å². The van der Waals surface area contributed by atoms with Crippen LogP contribution in [0, 0.1) is 0 Å². The number of aliphatic hydroxyl groups excluding tert-OH is 1. The molecule has 1 aliphatic heterocycles. The molecule has 0 aromatic heterocycles. The topological polar surface area (TPSA) is 94.1 Å². The van der Waals surface area contributed by atoms with Crippen molar-refractivity contribution < 1.29 is 42.1 Å². The highest BCUT2D eigenvalue weighted by Crippen LogP contribution is 2.32. The Balaban J connectivity index is 1.26. The van der Waals surface area contributed by atoms with Crippen LogP contribution in [-0.2, 0) is 16.0 Å². The van der Waals surface area contributed by atoms with Crippen molar-refractivity contribution in [1.82, 2.24) is 5.32 Å². The molecule has 0 saturated carbocycles. The molecule has 0 aliphatic carbocycles. The van der Waals surface area contributed by atoms with Gasteiger partial charge >= 0.3 is 18.1 Å². The molecule has 3 aromatic carbocycles. The predicted molar refractivity (Wildman–Crippen MR) is 137 cm³/mol. The van der Waals surface area contributed by atoms with E-state index in [1.54, 1.807) is 36.4 Å². The third-order valence-corrected chi connectivity index (χ3v) is 6.29. The number of aliphatic hydroxyl groups is 1. The van der Waals surface area contributed by atoms with Crippen molar-refractivity contribution in [2.24, 2.45) is 0 Å². The molecule has 2 atom stereocenters. The third kappa shape index (κ3) is 7.72. The minimum atomic E-state index is -5.25. The van der Waals surface area contributed by atoms with Crippen molar-refractivity contribution in [3.05, 3.63) is 82.9 Å². The summed E-state index contributed by atoms with van der Waals surface area (Å²) in [5.74, 6) is -2.67. The Labute approximate surface area is 227 Å². The second-order valence-electron chi connectivity index (χ2n) is 8.91. The summed E-state index contributed by atoms with van der Waals surface area (Å²) in [6.45, 7) is 0.963. The van der Waals surface area contributed by atoms with Gasteiger partial charge in [0, 0.05) is 13.1 Å². The molecule has 2 N–H and O–H groups in total. The Morgan fingerprint density at radius 2 is 1.79 bits per heavy atom. The molecule has 3 aromatic rings. The first-order chi connectivity index (χ1) is 18.6. The number of esters is 2. The van der Waals surface area contributed by atoms with Crippen LogP contribution in [0.5, 0.6) is 11.5 Å². The number of carbonyl (C=O) groups is 2. The molecule has 0 amide bonds. The number of fused-ring (bicyclic) bond motifs is 1. The summed E-state index contributed by atoms with van der Waals surface area (Å²) >= 11 is 6.05. The molecular formula is C28H25ClF3NO6. The quantitative estimate of drug-likeness (QED) is 0.280. The number of ether oxygens (including phenoxy) is 3. The first-order valence-electron chi connectivity index (χ1n) is 12.1. The van der Waals surface area contributed by atoms with E-state index in [0.717, 1.165) is 35.3 Å². The van der Waals surface area contributed by atoms with Gasteiger partial charge < -0.3 is 24.6 Å². The molecule has 1 heterocycles. The highest BCUT2D eigenvalue weighted by molar-refractivity contribution is 6.32. The van der Waals surface area contributed by atoms with E-state index in [9.17, 15) is 27.9 Å². The van der Waals surface area contributed by atoms with Crippen molar-refractivity contribution in [1.29, 1.82) is 0 Å². The number of aryl methyl sites for hydroxylation is 1. The summed E-state index contributed by atoms with van der Waals surface area (Å²) in [6, 6.07) is 18.4. The Morgan fingerprint density at radius 1 is 1.08 bits per heavy atom. The lowest BCUT2D eigenvalue weighted by molar-refractivity contribution is -0.193. The molecule has 206 valence electrons. The smallest absolute Gasteiger partial charge is 0.489 e. The zero-order valence-electron chi connectivity index (χ0n) is 20.5. The van der Waals surface area contributed by atoms with E-state index in [1.807, 2.05) is 18.2 Å². The number of para-hydroxylation sites is 1. The van der Waals surface area contributed by atoms with Gasteiger partial charge in [-0.05, 0) is 65.9 Å². The van der Waals surface area contributed by atoms with Crippen LogP contribution in [0.4, 0.5) is 13.2 Å². The second kappa shape index (κ2) is 12.5. The summed E-state index contributed by atoms with van der Waals surface area (Å²) in [7, 11) is 0. The molecule has 0 fully saturated rings. The number of halogens is 4. The molecule has 7 nitrogen and oxygen atoms in total. The number of benzene rings is 3.